The summed E-state index contributed by atoms with van der Waals surface area (Å²) in [6.45, 7) is 4.64. The number of methoxy groups -OCH3 is 1. The number of piperidine rings is 1. The van der Waals surface area contributed by atoms with Gasteiger partial charge in [0.1, 0.15) is 0 Å². The summed E-state index contributed by atoms with van der Waals surface area (Å²) in [5.41, 5.74) is 0. The Balaban J connectivity index is 1.80. The lowest BCUT2D eigenvalue weighted by Crippen LogP contribution is -2.44. The van der Waals surface area contributed by atoms with Gasteiger partial charge in [-0.2, -0.15) is 5.10 Å². The fourth-order valence-corrected chi connectivity index (χ4v) is 2.46. The molecule has 7 heteroatoms. The zero-order valence-corrected chi connectivity index (χ0v) is 13.0. The van der Waals surface area contributed by atoms with Gasteiger partial charge in [0, 0.05) is 25.4 Å². The number of carbonyl (C=O) groups is 1. The SMILES string of the molecule is COCC(C)n1ccc(NC(=O)NC2CCN(C)CC2)n1. The van der Waals surface area contributed by atoms with E-state index in [4.69, 9.17) is 4.74 Å². The number of urea groups is 1. The van der Waals surface area contributed by atoms with E-state index >= 15 is 0 Å². The molecule has 1 saturated heterocycles. The van der Waals surface area contributed by atoms with E-state index in [1.807, 2.05) is 13.1 Å². The van der Waals surface area contributed by atoms with E-state index in [0.29, 0.717) is 12.4 Å². The van der Waals surface area contributed by atoms with Gasteiger partial charge in [-0.05, 0) is 39.9 Å². The summed E-state index contributed by atoms with van der Waals surface area (Å²) in [4.78, 5) is 14.2. The standard InChI is InChI=1S/C14H25N5O2/c1-11(10-21-3)19-9-6-13(17-19)16-14(20)15-12-4-7-18(2)8-5-12/h6,9,11-12H,4-5,7-8,10H2,1-3H3,(H2,15,16,17,20). The van der Waals surface area contributed by atoms with Gasteiger partial charge < -0.3 is 15.0 Å². The average molecular weight is 295 g/mol. The fraction of sp³-hybridized carbons (Fsp3) is 0.714. The predicted octanol–water partition coefficient (Wildman–Crippen LogP) is 1.31. The van der Waals surface area contributed by atoms with Crippen LogP contribution in [0.15, 0.2) is 12.3 Å². The monoisotopic (exact) mass is 295 g/mol. The summed E-state index contributed by atoms with van der Waals surface area (Å²) in [6, 6.07) is 1.99. The molecule has 1 aliphatic rings. The van der Waals surface area contributed by atoms with Crippen LogP contribution < -0.4 is 10.6 Å². The molecule has 1 fully saturated rings. The minimum Gasteiger partial charge on any atom is -0.382 e. The predicted molar refractivity (Wildman–Crippen MR) is 81.5 cm³/mol. The molecule has 2 rings (SSSR count). The molecule has 0 radical (unpaired) electrons. The second-order valence-corrected chi connectivity index (χ2v) is 5.66. The van der Waals surface area contributed by atoms with Crippen LogP contribution in [0.5, 0.6) is 0 Å². The van der Waals surface area contributed by atoms with Crippen LogP contribution in [-0.2, 0) is 4.74 Å². The van der Waals surface area contributed by atoms with Crippen molar-refractivity contribution in [1.29, 1.82) is 0 Å². The van der Waals surface area contributed by atoms with Gasteiger partial charge in [-0.15, -0.1) is 0 Å². The molecule has 2 amide bonds. The minimum atomic E-state index is -0.186. The van der Waals surface area contributed by atoms with Crippen LogP contribution in [0.2, 0.25) is 0 Å². The van der Waals surface area contributed by atoms with Crippen LogP contribution in [0.3, 0.4) is 0 Å². The number of rotatable bonds is 5. The Morgan fingerprint density at radius 3 is 2.90 bits per heavy atom. The molecule has 2 N–H and O–H groups in total. The fourth-order valence-electron chi connectivity index (χ4n) is 2.46. The molecule has 0 aliphatic carbocycles. The van der Waals surface area contributed by atoms with E-state index < -0.39 is 0 Å². The van der Waals surface area contributed by atoms with Crippen molar-refractivity contribution >= 4 is 11.8 Å². The van der Waals surface area contributed by atoms with E-state index in [0.717, 1.165) is 25.9 Å². The molecule has 0 saturated carbocycles. The Morgan fingerprint density at radius 2 is 2.24 bits per heavy atom. The number of likely N-dealkylation sites (tertiary alicyclic amines) is 1. The smallest absolute Gasteiger partial charge is 0.320 e. The van der Waals surface area contributed by atoms with E-state index in [9.17, 15) is 4.79 Å². The van der Waals surface area contributed by atoms with Gasteiger partial charge >= 0.3 is 6.03 Å². The van der Waals surface area contributed by atoms with E-state index in [-0.39, 0.29) is 18.1 Å². The maximum Gasteiger partial charge on any atom is 0.320 e. The highest BCUT2D eigenvalue weighted by Gasteiger charge is 2.18. The number of hydrogen-bond acceptors (Lipinski definition) is 4. The van der Waals surface area contributed by atoms with Gasteiger partial charge in [0.15, 0.2) is 5.82 Å². The second-order valence-electron chi connectivity index (χ2n) is 5.66. The highest BCUT2D eigenvalue weighted by atomic mass is 16.5. The maximum atomic E-state index is 12.0. The lowest BCUT2D eigenvalue weighted by molar-refractivity contribution is 0.157. The Bertz CT molecular complexity index is 454. The molecule has 118 valence electrons. The summed E-state index contributed by atoms with van der Waals surface area (Å²) in [6.07, 6.45) is 3.82. The molecule has 0 bridgehead atoms. The Morgan fingerprint density at radius 1 is 1.52 bits per heavy atom. The molecule has 0 spiro atoms. The van der Waals surface area contributed by atoms with Crippen LogP contribution in [0, 0.1) is 0 Å². The molecule has 1 aromatic rings. The van der Waals surface area contributed by atoms with Crippen LogP contribution >= 0.6 is 0 Å². The topological polar surface area (TPSA) is 71.4 Å². The number of ether oxygens (including phenoxy) is 1. The first kappa shape index (κ1) is 15.8. The van der Waals surface area contributed by atoms with Gasteiger partial charge in [-0.1, -0.05) is 0 Å². The number of hydrogen-bond donors (Lipinski definition) is 2. The van der Waals surface area contributed by atoms with Crippen LogP contribution in [-0.4, -0.2) is 60.6 Å². The maximum absolute atomic E-state index is 12.0. The molecule has 1 aliphatic heterocycles. The number of nitrogens with one attached hydrogen (secondary N) is 2. The number of nitrogens with zero attached hydrogens (tertiary/aromatic N) is 3. The number of aromatic nitrogens is 2. The van der Waals surface area contributed by atoms with Crippen LogP contribution in [0.4, 0.5) is 10.6 Å². The largest absolute Gasteiger partial charge is 0.382 e. The third kappa shape index (κ3) is 4.71. The molecule has 1 unspecified atom stereocenters. The van der Waals surface area contributed by atoms with Gasteiger partial charge in [0.2, 0.25) is 0 Å². The second kappa shape index (κ2) is 7.42. The zero-order valence-electron chi connectivity index (χ0n) is 13.0. The number of anilines is 1. The lowest BCUT2D eigenvalue weighted by Gasteiger charge is -2.29. The normalized spacial score (nSPS) is 18.4. The minimum absolute atomic E-state index is 0.141. The summed E-state index contributed by atoms with van der Waals surface area (Å²) in [5.74, 6) is 0.559. The first-order valence-corrected chi connectivity index (χ1v) is 7.38. The number of amides is 2. The van der Waals surface area contributed by atoms with Crippen molar-refractivity contribution in [2.45, 2.75) is 31.8 Å². The molecule has 1 atom stereocenters. The van der Waals surface area contributed by atoms with Crippen LogP contribution in [0.1, 0.15) is 25.8 Å². The van der Waals surface area contributed by atoms with Crippen molar-refractivity contribution in [3.8, 4) is 0 Å². The third-order valence-corrected chi connectivity index (χ3v) is 3.76. The van der Waals surface area contributed by atoms with Crippen molar-refractivity contribution in [3.05, 3.63) is 12.3 Å². The number of carbonyl (C=O) groups excluding carboxylic acids is 1. The zero-order chi connectivity index (χ0) is 15.2. The van der Waals surface area contributed by atoms with Crippen LogP contribution in [0.25, 0.3) is 0 Å². The lowest BCUT2D eigenvalue weighted by atomic mass is 10.1. The first-order chi connectivity index (χ1) is 10.1. The van der Waals surface area contributed by atoms with Crippen molar-refractivity contribution in [3.63, 3.8) is 0 Å². The molecule has 7 nitrogen and oxygen atoms in total. The van der Waals surface area contributed by atoms with Gasteiger partial charge in [-0.25, -0.2) is 4.79 Å². The van der Waals surface area contributed by atoms with E-state index in [2.05, 4.69) is 27.7 Å². The van der Waals surface area contributed by atoms with Gasteiger partial charge in [0.25, 0.3) is 0 Å². The molecular weight excluding hydrogens is 270 g/mol. The molecule has 2 heterocycles. The van der Waals surface area contributed by atoms with Crippen molar-refractivity contribution < 1.29 is 9.53 Å². The first-order valence-electron chi connectivity index (χ1n) is 7.38. The Kier molecular flexibility index (Phi) is 5.58. The Hall–Kier alpha value is -1.60. The van der Waals surface area contributed by atoms with Crippen molar-refractivity contribution in [2.24, 2.45) is 0 Å². The quantitative estimate of drug-likeness (QED) is 0.859. The third-order valence-electron chi connectivity index (χ3n) is 3.76. The summed E-state index contributed by atoms with van der Waals surface area (Å²) in [7, 11) is 3.76. The Labute approximate surface area is 125 Å². The van der Waals surface area contributed by atoms with Crippen molar-refractivity contribution in [1.82, 2.24) is 20.0 Å². The van der Waals surface area contributed by atoms with Gasteiger partial charge in [0.05, 0.1) is 12.6 Å². The molecule has 0 aromatic carbocycles. The van der Waals surface area contributed by atoms with E-state index in [1.54, 1.807) is 17.9 Å². The summed E-state index contributed by atoms with van der Waals surface area (Å²) < 4.78 is 6.88. The highest BCUT2D eigenvalue weighted by molar-refractivity contribution is 5.88. The van der Waals surface area contributed by atoms with E-state index in [1.165, 1.54) is 0 Å². The molecule has 21 heavy (non-hydrogen) atoms. The van der Waals surface area contributed by atoms with Crippen molar-refractivity contribution in [2.75, 3.05) is 39.2 Å². The van der Waals surface area contributed by atoms with Gasteiger partial charge in [-0.3, -0.25) is 10.00 Å². The average Bonchev–Trinajstić information content (AvgIpc) is 2.90. The molecular formula is C14H25N5O2. The summed E-state index contributed by atoms with van der Waals surface area (Å²) >= 11 is 0. The summed E-state index contributed by atoms with van der Waals surface area (Å²) in [5, 5.41) is 10.1. The highest BCUT2D eigenvalue weighted by Crippen LogP contribution is 2.11. The molecule has 1 aromatic heterocycles.